The van der Waals surface area contributed by atoms with E-state index in [-0.39, 0.29) is 12.1 Å². The molecule has 0 saturated heterocycles. The fraction of sp³-hybridized carbons (Fsp3) is 0.300. The van der Waals surface area contributed by atoms with Crippen LogP contribution in [0, 0.1) is 10.1 Å². The Morgan fingerprint density at radius 2 is 1.82 bits per heavy atom. The van der Waals surface area contributed by atoms with Crippen molar-refractivity contribution in [2.75, 3.05) is 0 Å². The highest BCUT2D eigenvalue weighted by Gasteiger charge is 2.66. The Morgan fingerprint density at radius 1 is 1.27 bits per heavy atom. The average molecular weight is 333 g/mol. The summed E-state index contributed by atoms with van der Waals surface area (Å²) >= 11 is 0. The smallest absolute Gasteiger partial charge is 0.470 e. The van der Waals surface area contributed by atoms with E-state index in [1.54, 1.807) is 0 Å². The van der Waals surface area contributed by atoms with Gasteiger partial charge in [0.2, 0.25) is 5.75 Å². The molecule has 12 heteroatoms. The molecule has 0 aliphatic carbocycles. The zero-order valence-electron chi connectivity index (χ0n) is 10.1. The van der Waals surface area contributed by atoms with Gasteiger partial charge in [-0.25, -0.2) is 13.6 Å². The van der Waals surface area contributed by atoms with Gasteiger partial charge in [-0.15, -0.1) is 0 Å². The van der Waals surface area contributed by atoms with Gasteiger partial charge < -0.3 is 9.84 Å². The Kier molecular flexibility index (Phi) is 4.53. The molecular weight excluding hydrogens is 328 g/mol. The van der Waals surface area contributed by atoms with Crippen LogP contribution in [0.4, 0.5) is 32.0 Å². The van der Waals surface area contributed by atoms with E-state index in [0.29, 0.717) is 6.07 Å². The van der Waals surface area contributed by atoms with Crippen molar-refractivity contribution >= 4 is 11.7 Å². The Hall–Kier alpha value is -2.53. The zero-order chi connectivity index (χ0) is 17.3. The summed E-state index contributed by atoms with van der Waals surface area (Å²) in [6, 6.07) is 1.09. The number of carbonyl (C=O) groups is 1. The summed E-state index contributed by atoms with van der Waals surface area (Å²) in [5, 5.41) is 19.2. The van der Waals surface area contributed by atoms with Crippen LogP contribution in [-0.2, 0) is 0 Å². The van der Waals surface area contributed by atoms with Gasteiger partial charge in [0, 0.05) is 6.07 Å². The topological polar surface area (TPSA) is 89.7 Å². The first-order valence-electron chi connectivity index (χ1n) is 5.14. The summed E-state index contributed by atoms with van der Waals surface area (Å²) in [6.07, 6.45) is -10.5. The van der Waals surface area contributed by atoms with E-state index >= 15 is 0 Å². The third-order valence-corrected chi connectivity index (χ3v) is 2.30. The highest BCUT2D eigenvalue weighted by Crippen LogP contribution is 2.42. The van der Waals surface area contributed by atoms with Crippen LogP contribution in [-0.4, -0.2) is 34.5 Å². The van der Waals surface area contributed by atoms with Crippen molar-refractivity contribution in [1.29, 1.82) is 0 Å². The van der Waals surface area contributed by atoms with E-state index in [0.717, 1.165) is 0 Å². The van der Waals surface area contributed by atoms with E-state index in [4.69, 9.17) is 5.11 Å². The molecule has 0 atom stereocenters. The van der Waals surface area contributed by atoms with Crippen LogP contribution in [0.3, 0.4) is 0 Å². The molecule has 122 valence electrons. The molecule has 0 amide bonds. The molecule has 0 fully saturated rings. The summed E-state index contributed by atoms with van der Waals surface area (Å²) in [6.45, 7) is 0. The number of alkyl halides is 6. The second kappa shape index (κ2) is 5.69. The van der Waals surface area contributed by atoms with Gasteiger partial charge in [-0.1, -0.05) is 0 Å². The van der Waals surface area contributed by atoms with Crippen molar-refractivity contribution in [3.8, 4) is 5.75 Å². The number of ether oxygens (including phenoxy) is 1. The number of hydrogen-bond donors (Lipinski definition) is 1. The van der Waals surface area contributed by atoms with E-state index in [2.05, 4.69) is 4.74 Å². The average Bonchev–Trinajstić information content (AvgIpc) is 2.37. The number of nitrogens with zero attached hydrogens (tertiary/aromatic N) is 1. The SMILES string of the molecule is O=C(O)c1ccc(OC(F)(F)C(F)(F)C(F)F)c([N+](=O)[O-])c1. The quantitative estimate of drug-likeness (QED) is 0.491. The predicted octanol–water partition coefficient (Wildman–Crippen LogP) is 3.17. The minimum absolute atomic E-state index is 0.258. The van der Waals surface area contributed by atoms with Gasteiger partial charge in [0.05, 0.1) is 10.5 Å². The van der Waals surface area contributed by atoms with Gasteiger partial charge in [0.25, 0.3) is 0 Å². The van der Waals surface area contributed by atoms with Crippen LogP contribution in [0.15, 0.2) is 18.2 Å². The molecule has 0 unspecified atom stereocenters. The molecule has 22 heavy (non-hydrogen) atoms. The third kappa shape index (κ3) is 3.20. The first-order chi connectivity index (χ1) is 9.90. The van der Waals surface area contributed by atoms with Crippen LogP contribution < -0.4 is 4.74 Å². The second-order valence-electron chi connectivity index (χ2n) is 3.79. The summed E-state index contributed by atoms with van der Waals surface area (Å²) in [5.41, 5.74) is -2.12. The molecular formula is C10H5F6NO5. The van der Waals surface area contributed by atoms with Crippen LogP contribution in [0.2, 0.25) is 0 Å². The molecule has 0 aliphatic rings. The Bertz CT molecular complexity index is 605. The standard InChI is InChI=1S/C10H5F6NO5/c11-8(12)9(13,14)10(15,16)22-6-2-1-4(7(18)19)3-5(6)17(20)21/h1-3,8H,(H,18,19). The van der Waals surface area contributed by atoms with E-state index in [1.165, 1.54) is 0 Å². The van der Waals surface area contributed by atoms with Gasteiger partial charge in [0.15, 0.2) is 0 Å². The lowest BCUT2D eigenvalue weighted by atomic mass is 10.2. The highest BCUT2D eigenvalue weighted by molar-refractivity contribution is 5.88. The van der Waals surface area contributed by atoms with Gasteiger partial charge in [-0.05, 0) is 12.1 Å². The van der Waals surface area contributed by atoms with Crippen LogP contribution in [0.5, 0.6) is 5.75 Å². The van der Waals surface area contributed by atoms with Crippen LogP contribution >= 0.6 is 0 Å². The largest absolute Gasteiger partial charge is 0.478 e. The highest BCUT2D eigenvalue weighted by atomic mass is 19.3. The van der Waals surface area contributed by atoms with E-state index in [1.807, 2.05) is 0 Å². The summed E-state index contributed by atoms with van der Waals surface area (Å²) in [5.74, 6) is -9.06. The number of aromatic carboxylic acids is 1. The van der Waals surface area contributed by atoms with E-state index < -0.39 is 46.3 Å². The second-order valence-corrected chi connectivity index (χ2v) is 3.79. The molecule has 0 bridgehead atoms. The maximum atomic E-state index is 13.0. The monoisotopic (exact) mass is 333 g/mol. The van der Waals surface area contributed by atoms with Gasteiger partial charge in [-0.2, -0.15) is 17.6 Å². The number of rotatable bonds is 6. The summed E-state index contributed by atoms with van der Waals surface area (Å²) in [7, 11) is 0. The zero-order valence-corrected chi connectivity index (χ0v) is 10.1. The van der Waals surface area contributed by atoms with Crippen LogP contribution in [0.25, 0.3) is 0 Å². The molecule has 6 nitrogen and oxygen atoms in total. The molecule has 1 aromatic rings. The Balaban J connectivity index is 3.28. The van der Waals surface area contributed by atoms with Crippen molar-refractivity contribution in [1.82, 2.24) is 0 Å². The number of halogens is 6. The fourth-order valence-corrected chi connectivity index (χ4v) is 1.21. The number of carboxylic acid groups (broad SMARTS) is 1. The minimum Gasteiger partial charge on any atom is -0.478 e. The molecule has 0 spiro atoms. The van der Waals surface area contributed by atoms with Crippen LogP contribution in [0.1, 0.15) is 10.4 Å². The Labute approximate surface area is 117 Å². The maximum absolute atomic E-state index is 13.0. The van der Waals surface area contributed by atoms with Gasteiger partial charge in [0.1, 0.15) is 0 Å². The third-order valence-electron chi connectivity index (χ3n) is 2.30. The molecule has 1 N–H and O–H groups in total. The molecule has 0 aliphatic heterocycles. The first kappa shape index (κ1) is 17.5. The maximum Gasteiger partial charge on any atom is 0.470 e. The number of hydrogen-bond acceptors (Lipinski definition) is 4. The van der Waals surface area contributed by atoms with E-state index in [9.17, 15) is 41.3 Å². The van der Waals surface area contributed by atoms with Crippen molar-refractivity contribution in [2.24, 2.45) is 0 Å². The van der Waals surface area contributed by atoms with Crippen molar-refractivity contribution in [2.45, 2.75) is 18.5 Å². The molecule has 0 saturated carbocycles. The summed E-state index contributed by atoms with van der Waals surface area (Å²) < 4.78 is 78.6. The Morgan fingerprint density at radius 3 is 2.23 bits per heavy atom. The first-order valence-corrected chi connectivity index (χ1v) is 5.14. The number of benzene rings is 1. The molecule has 0 aromatic heterocycles. The van der Waals surface area contributed by atoms with Crippen molar-refractivity contribution in [3.63, 3.8) is 0 Å². The molecule has 0 radical (unpaired) electrons. The lowest BCUT2D eigenvalue weighted by Gasteiger charge is -2.25. The predicted molar refractivity (Wildman–Crippen MR) is 56.6 cm³/mol. The number of nitro benzene ring substituents is 1. The fourth-order valence-electron chi connectivity index (χ4n) is 1.21. The minimum atomic E-state index is -5.91. The normalized spacial score (nSPS) is 12.3. The molecule has 1 aromatic carbocycles. The van der Waals surface area contributed by atoms with Crippen molar-refractivity contribution in [3.05, 3.63) is 33.9 Å². The number of carboxylic acids is 1. The molecule has 0 heterocycles. The van der Waals surface area contributed by atoms with Gasteiger partial charge >= 0.3 is 30.1 Å². The summed E-state index contributed by atoms with van der Waals surface area (Å²) in [4.78, 5) is 19.8. The number of nitro groups is 1. The van der Waals surface area contributed by atoms with Gasteiger partial charge in [-0.3, -0.25) is 10.1 Å². The van der Waals surface area contributed by atoms with Crippen molar-refractivity contribution < 1.29 is 45.9 Å². The lowest BCUT2D eigenvalue weighted by molar-refractivity contribution is -0.390. The lowest BCUT2D eigenvalue weighted by Crippen LogP contribution is -2.50. The molecule has 1 rings (SSSR count).